The minimum Gasteiger partial charge on any atom is -0.456 e. The highest BCUT2D eigenvalue weighted by molar-refractivity contribution is 7.26. The highest BCUT2D eigenvalue weighted by atomic mass is 32.1. The van der Waals surface area contributed by atoms with Gasteiger partial charge in [0.2, 0.25) is 0 Å². The maximum Gasteiger partial charge on any atom is 0.136 e. The number of furan rings is 1. The van der Waals surface area contributed by atoms with Crippen molar-refractivity contribution in [1.82, 2.24) is 0 Å². The van der Waals surface area contributed by atoms with Crippen molar-refractivity contribution in [3.8, 4) is 33.4 Å². The lowest BCUT2D eigenvalue weighted by atomic mass is 9.84. The van der Waals surface area contributed by atoms with Crippen LogP contribution in [0.2, 0.25) is 0 Å². The molecule has 0 saturated carbocycles. The molecule has 0 saturated heterocycles. The van der Waals surface area contributed by atoms with E-state index in [2.05, 4.69) is 182 Å². The van der Waals surface area contributed by atoms with E-state index in [0.717, 1.165) is 22.1 Å². The van der Waals surface area contributed by atoms with Crippen LogP contribution in [0.4, 0.5) is 0 Å². The summed E-state index contributed by atoms with van der Waals surface area (Å²) in [5.41, 5.74) is 9.19. The smallest absolute Gasteiger partial charge is 0.136 e. The summed E-state index contributed by atoms with van der Waals surface area (Å²) >= 11 is 1.88. The van der Waals surface area contributed by atoms with Crippen LogP contribution < -0.4 is 0 Å². The van der Waals surface area contributed by atoms with Crippen molar-refractivity contribution in [2.45, 2.75) is 0 Å². The van der Waals surface area contributed by atoms with Gasteiger partial charge in [-0.1, -0.05) is 158 Å². The summed E-state index contributed by atoms with van der Waals surface area (Å²) in [5.74, 6) is 0. The molecule has 1 nitrogen and oxygen atoms in total. The Bertz CT molecular complexity index is 3430. The Morgan fingerprint density at radius 2 is 0.926 bits per heavy atom. The fourth-order valence-electron chi connectivity index (χ4n) is 9.04. The monoisotopic (exact) mass is 702 g/mol. The highest BCUT2D eigenvalue weighted by Crippen LogP contribution is 2.47. The predicted octanol–water partition coefficient (Wildman–Crippen LogP) is 15.6. The quantitative estimate of drug-likeness (QED) is 0.167. The first kappa shape index (κ1) is 29.8. The molecule has 0 amide bonds. The average Bonchev–Trinajstić information content (AvgIpc) is 3.81. The summed E-state index contributed by atoms with van der Waals surface area (Å²) in [6.45, 7) is 0. The van der Waals surface area contributed by atoms with Crippen LogP contribution in [-0.2, 0) is 0 Å². The van der Waals surface area contributed by atoms with Crippen molar-refractivity contribution in [3.63, 3.8) is 0 Å². The maximum atomic E-state index is 6.61. The second kappa shape index (κ2) is 11.4. The number of hydrogen-bond donors (Lipinski definition) is 0. The van der Waals surface area contributed by atoms with Crippen molar-refractivity contribution < 1.29 is 4.42 Å². The summed E-state index contributed by atoms with van der Waals surface area (Å²) in [4.78, 5) is 0. The summed E-state index contributed by atoms with van der Waals surface area (Å²) in [6.07, 6.45) is 0. The fraction of sp³-hybridized carbons (Fsp3) is 0. The van der Waals surface area contributed by atoms with Gasteiger partial charge in [0.05, 0.1) is 0 Å². The van der Waals surface area contributed by atoms with Crippen molar-refractivity contribution >= 4 is 96.5 Å². The second-order valence-corrected chi connectivity index (χ2v) is 15.4. The van der Waals surface area contributed by atoms with E-state index in [-0.39, 0.29) is 0 Å². The predicted molar refractivity (Wildman–Crippen MR) is 233 cm³/mol. The van der Waals surface area contributed by atoms with Gasteiger partial charge in [-0.25, -0.2) is 0 Å². The Morgan fingerprint density at radius 3 is 1.70 bits per heavy atom. The number of hydrogen-bond acceptors (Lipinski definition) is 2. The van der Waals surface area contributed by atoms with Gasteiger partial charge in [-0.15, -0.1) is 11.3 Å². The first-order chi connectivity index (χ1) is 26.8. The second-order valence-electron chi connectivity index (χ2n) is 14.3. The van der Waals surface area contributed by atoms with E-state index in [4.69, 9.17) is 4.42 Å². The van der Waals surface area contributed by atoms with E-state index in [1.54, 1.807) is 0 Å². The van der Waals surface area contributed by atoms with Gasteiger partial charge in [-0.3, -0.25) is 0 Å². The molecule has 0 radical (unpaired) electrons. The van der Waals surface area contributed by atoms with Crippen molar-refractivity contribution in [3.05, 3.63) is 182 Å². The van der Waals surface area contributed by atoms with Crippen LogP contribution in [0, 0.1) is 0 Å². The van der Waals surface area contributed by atoms with Gasteiger partial charge in [-0.05, 0) is 95.3 Å². The van der Waals surface area contributed by atoms with E-state index >= 15 is 0 Å². The molecular formula is C52H30OS. The average molecular weight is 703 g/mol. The van der Waals surface area contributed by atoms with Crippen molar-refractivity contribution in [2.24, 2.45) is 0 Å². The van der Waals surface area contributed by atoms with Gasteiger partial charge in [0.15, 0.2) is 0 Å². The molecular weight excluding hydrogens is 673 g/mol. The zero-order valence-corrected chi connectivity index (χ0v) is 30.0. The number of rotatable bonds is 3. The maximum absolute atomic E-state index is 6.61. The van der Waals surface area contributed by atoms with Gasteiger partial charge in [-0.2, -0.15) is 0 Å². The molecule has 0 fully saturated rings. The van der Waals surface area contributed by atoms with Crippen molar-refractivity contribution in [2.75, 3.05) is 0 Å². The Hall–Kier alpha value is -6.74. The minimum atomic E-state index is 0.915. The van der Waals surface area contributed by atoms with E-state index in [0.29, 0.717) is 0 Å². The Labute approximate surface area is 314 Å². The molecule has 0 atom stereocenters. The van der Waals surface area contributed by atoms with Crippen LogP contribution in [0.3, 0.4) is 0 Å². The van der Waals surface area contributed by atoms with Crippen molar-refractivity contribution in [1.29, 1.82) is 0 Å². The van der Waals surface area contributed by atoms with Crippen LogP contribution in [0.25, 0.3) is 119 Å². The Morgan fingerprint density at radius 1 is 0.333 bits per heavy atom. The lowest BCUT2D eigenvalue weighted by Crippen LogP contribution is -1.91. The molecule has 54 heavy (non-hydrogen) atoms. The molecule has 0 unspecified atom stereocenters. The van der Waals surface area contributed by atoms with Crippen LogP contribution in [0.5, 0.6) is 0 Å². The molecule has 0 spiro atoms. The minimum absolute atomic E-state index is 0.915. The summed E-state index contributed by atoms with van der Waals surface area (Å²) in [7, 11) is 0. The lowest BCUT2D eigenvalue weighted by molar-refractivity contribution is 0.669. The van der Waals surface area contributed by atoms with Crippen LogP contribution in [0.15, 0.2) is 186 Å². The number of thiophene rings is 1. The van der Waals surface area contributed by atoms with Crippen LogP contribution >= 0.6 is 11.3 Å². The molecule has 0 N–H and O–H groups in total. The molecule has 2 heterocycles. The topological polar surface area (TPSA) is 13.1 Å². The largest absolute Gasteiger partial charge is 0.456 e. The standard InChI is InChI=1S/C52H30OS/c1-2-12-36-32(10-1)11-9-18-38(36)50-41-16-5-3-14-39(41)48(40-15-4-6-17-42(40)50)33-22-20-31(21-23-33)35-25-28-44-46(30-35)53-45-29-26-34-24-27-43-37-13-7-8-19-47(37)54-52(43)49(34)51(44)45/h1-30H. The fourth-order valence-corrected chi connectivity index (χ4v) is 10.3. The molecule has 0 aliphatic heterocycles. The van der Waals surface area contributed by atoms with E-state index in [1.165, 1.54) is 96.5 Å². The molecule has 2 aromatic heterocycles. The molecule has 10 aromatic carbocycles. The first-order valence-corrected chi connectivity index (χ1v) is 19.3. The molecule has 250 valence electrons. The number of fused-ring (bicyclic) bond motifs is 12. The summed E-state index contributed by atoms with van der Waals surface area (Å²) < 4.78 is 9.26. The third kappa shape index (κ3) is 4.26. The normalized spacial score (nSPS) is 12.1. The molecule has 12 rings (SSSR count). The third-order valence-electron chi connectivity index (χ3n) is 11.5. The summed E-state index contributed by atoms with van der Waals surface area (Å²) in [6, 6.07) is 66.6. The first-order valence-electron chi connectivity index (χ1n) is 18.5. The summed E-state index contributed by atoms with van der Waals surface area (Å²) in [5, 5.41) is 15.1. The van der Waals surface area contributed by atoms with Gasteiger partial charge in [0, 0.05) is 36.3 Å². The van der Waals surface area contributed by atoms with Gasteiger partial charge in [0.1, 0.15) is 11.2 Å². The zero-order chi connectivity index (χ0) is 35.3. The van der Waals surface area contributed by atoms with Gasteiger partial charge in [0.25, 0.3) is 0 Å². The Kier molecular flexibility index (Phi) is 6.28. The molecule has 0 aliphatic carbocycles. The van der Waals surface area contributed by atoms with E-state index in [1.807, 2.05) is 11.3 Å². The lowest BCUT2D eigenvalue weighted by Gasteiger charge is -2.19. The van der Waals surface area contributed by atoms with Crippen LogP contribution in [0.1, 0.15) is 0 Å². The molecule has 12 aromatic rings. The Balaban J connectivity index is 1.01. The molecule has 2 heteroatoms. The molecule has 0 bridgehead atoms. The number of benzene rings is 10. The van der Waals surface area contributed by atoms with Gasteiger partial charge >= 0.3 is 0 Å². The van der Waals surface area contributed by atoms with E-state index < -0.39 is 0 Å². The zero-order valence-electron chi connectivity index (χ0n) is 29.1. The highest BCUT2D eigenvalue weighted by Gasteiger charge is 2.19. The van der Waals surface area contributed by atoms with Gasteiger partial charge < -0.3 is 4.42 Å². The third-order valence-corrected chi connectivity index (χ3v) is 12.7. The molecule has 0 aliphatic rings. The van der Waals surface area contributed by atoms with Crippen LogP contribution in [-0.4, -0.2) is 0 Å². The SMILES string of the molecule is c1ccc2c(-c3c4ccccc4c(-c4ccc(-c5ccc6c(c5)oc5ccc7ccc8c9ccccc9sc8c7c56)cc4)c4ccccc34)cccc2c1. The van der Waals surface area contributed by atoms with E-state index in [9.17, 15) is 0 Å².